The van der Waals surface area contributed by atoms with Crippen molar-refractivity contribution in [3.63, 3.8) is 0 Å². The lowest BCUT2D eigenvalue weighted by Gasteiger charge is -2.26. The van der Waals surface area contributed by atoms with Gasteiger partial charge in [0.2, 0.25) is 0 Å². The van der Waals surface area contributed by atoms with Crippen molar-refractivity contribution in [1.82, 2.24) is 0 Å². The van der Waals surface area contributed by atoms with Gasteiger partial charge in [-0.05, 0) is 32.9 Å². The van der Waals surface area contributed by atoms with Gasteiger partial charge in [0.25, 0.3) is 0 Å². The number of rotatable bonds is 10. The molecule has 0 bridgehead atoms. The Morgan fingerprint density at radius 3 is 2.25 bits per heavy atom. The van der Waals surface area contributed by atoms with E-state index in [-0.39, 0.29) is 0 Å². The van der Waals surface area contributed by atoms with E-state index in [2.05, 4.69) is 33.9 Å². The van der Waals surface area contributed by atoms with Crippen molar-refractivity contribution < 1.29 is 8.85 Å². The van der Waals surface area contributed by atoms with Crippen molar-refractivity contribution in [2.75, 3.05) is 6.61 Å². The average molecular weight is 246 g/mol. The molecule has 0 rings (SSSR count). The van der Waals surface area contributed by atoms with Gasteiger partial charge in [-0.25, -0.2) is 0 Å². The monoisotopic (exact) mass is 246 g/mol. The highest BCUT2D eigenvalue weighted by Crippen LogP contribution is 2.14. The van der Waals surface area contributed by atoms with Gasteiger partial charge in [0.1, 0.15) is 0 Å². The summed E-state index contributed by atoms with van der Waals surface area (Å²) < 4.78 is 11.9. The molecule has 0 saturated carbocycles. The van der Waals surface area contributed by atoms with Crippen LogP contribution in [0.1, 0.15) is 59.3 Å². The minimum Gasteiger partial charge on any atom is -0.395 e. The highest BCUT2D eigenvalue weighted by atomic mass is 28.4. The van der Waals surface area contributed by atoms with E-state index in [9.17, 15) is 0 Å². The molecule has 0 aliphatic heterocycles. The van der Waals surface area contributed by atoms with Crippen LogP contribution in [0.4, 0.5) is 0 Å². The fourth-order valence-corrected chi connectivity index (χ4v) is 3.62. The quantitative estimate of drug-likeness (QED) is 0.418. The fraction of sp³-hybridized carbons (Fsp3) is 1.00. The van der Waals surface area contributed by atoms with Gasteiger partial charge in [0, 0.05) is 12.7 Å². The van der Waals surface area contributed by atoms with E-state index in [0.29, 0.717) is 6.10 Å². The van der Waals surface area contributed by atoms with E-state index in [1.807, 2.05) is 0 Å². The number of unbranched alkanes of at least 4 members (excludes halogenated alkanes) is 3. The van der Waals surface area contributed by atoms with Crippen LogP contribution >= 0.6 is 0 Å². The molecule has 16 heavy (non-hydrogen) atoms. The molecule has 1 atom stereocenters. The van der Waals surface area contributed by atoms with Crippen LogP contribution in [0.5, 0.6) is 0 Å². The fourth-order valence-electron chi connectivity index (χ4n) is 1.83. The standard InChI is InChI=1S/C13H30O2Si/c1-6-8-9-10-12-14-16(4,5)15-13(3)11-7-2/h13H,6-12H2,1-5H3. The molecule has 0 spiro atoms. The van der Waals surface area contributed by atoms with Gasteiger partial charge in [-0.3, -0.25) is 0 Å². The third-order valence-corrected chi connectivity index (χ3v) is 4.50. The Morgan fingerprint density at radius 2 is 1.69 bits per heavy atom. The van der Waals surface area contributed by atoms with Gasteiger partial charge in [-0.2, -0.15) is 0 Å². The maximum absolute atomic E-state index is 6.00. The van der Waals surface area contributed by atoms with E-state index in [1.165, 1.54) is 32.1 Å². The zero-order chi connectivity index (χ0) is 12.4. The highest BCUT2D eigenvalue weighted by molar-refractivity contribution is 6.64. The maximum Gasteiger partial charge on any atom is 0.331 e. The Morgan fingerprint density at radius 1 is 1.00 bits per heavy atom. The molecule has 0 aliphatic rings. The molecule has 0 fully saturated rings. The topological polar surface area (TPSA) is 18.5 Å². The Bertz CT molecular complexity index is 160. The van der Waals surface area contributed by atoms with Crippen molar-refractivity contribution >= 4 is 8.56 Å². The molecular formula is C13H30O2Si. The summed E-state index contributed by atoms with van der Waals surface area (Å²) in [6.07, 6.45) is 7.73. The molecule has 0 aromatic heterocycles. The summed E-state index contributed by atoms with van der Waals surface area (Å²) in [6.45, 7) is 11.8. The molecule has 1 unspecified atom stereocenters. The predicted octanol–water partition coefficient (Wildman–Crippen LogP) is 4.49. The Kier molecular flexibility index (Phi) is 9.28. The first-order valence-electron chi connectivity index (χ1n) is 6.83. The zero-order valence-electron chi connectivity index (χ0n) is 11.8. The second-order valence-corrected chi connectivity index (χ2v) is 8.35. The molecule has 2 nitrogen and oxygen atoms in total. The summed E-state index contributed by atoms with van der Waals surface area (Å²) >= 11 is 0. The number of hydrogen-bond acceptors (Lipinski definition) is 2. The summed E-state index contributed by atoms with van der Waals surface area (Å²) in [6, 6.07) is 0. The molecule has 0 aromatic rings. The van der Waals surface area contributed by atoms with Crippen LogP contribution in [-0.4, -0.2) is 21.3 Å². The van der Waals surface area contributed by atoms with Crippen LogP contribution < -0.4 is 0 Å². The summed E-state index contributed by atoms with van der Waals surface area (Å²) in [7, 11) is -1.86. The van der Waals surface area contributed by atoms with Crippen molar-refractivity contribution in [3.8, 4) is 0 Å². The molecule has 0 saturated heterocycles. The minimum atomic E-state index is -1.86. The highest BCUT2D eigenvalue weighted by Gasteiger charge is 2.26. The van der Waals surface area contributed by atoms with E-state index in [0.717, 1.165) is 13.0 Å². The van der Waals surface area contributed by atoms with Gasteiger partial charge in [-0.1, -0.05) is 39.5 Å². The van der Waals surface area contributed by atoms with Crippen LogP contribution in [0.15, 0.2) is 0 Å². The zero-order valence-corrected chi connectivity index (χ0v) is 12.8. The van der Waals surface area contributed by atoms with Gasteiger partial charge in [0.15, 0.2) is 0 Å². The summed E-state index contributed by atoms with van der Waals surface area (Å²) in [5.74, 6) is 0. The van der Waals surface area contributed by atoms with Gasteiger partial charge in [0.05, 0.1) is 0 Å². The molecule has 0 amide bonds. The van der Waals surface area contributed by atoms with Crippen LogP contribution in [0.25, 0.3) is 0 Å². The minimum absolute atomic E-state index is 0.349. The summed E-state index contributed by atoms with van der Waals surface area (Å²) in [5.41, 5.74) is 0. The van der Waals surface area contributed by atoms with Crippen molar-refractivity contribution in [2.24, 2.45) is 0 Å². The summed E-state index contributed by atoms with van der Waals surface area (Å²) in [5, 5.41) is 0. The predicted molar refractivity (Wildman–Crippen MR) is 73.0 cm³/mol. The lowest BCUT2D eigenvalue weighted by Crippen LogP contribution is -2.38. The smallest absolute Gasteiger partial charge is 0.331 e. The van der Waals surface area contributed by atoms with Crippen molar-refractivity contribution in [3.05, 3.63) is 0 Å². The summed E-state index contributed by atoms with van der Waals surface area (Å²) in [4.78, 5) is 0. The Balaban J connectivity index is 3.60. The largest absolute Gasteiger partial charge is 0.395 e. The van der Waals surface area contributed by atoms with Crippen LogP contribution in [0.3, 0.4) is 0 Å². The lowest BCUT2D eigenvalue weighted by atomic mass is 10.2. The van der Waals surface area contributed by atoms with Crippen molar-refractivity contribution in [2.45, 2.75) is 78.5 Å². The van der Waals surface area contributed by atoms with Crippen LogP contribution in [-0.2, 0) is 8.85 Å². The average Bonchev–Trinajstić information content (AvgIpc) is 2.16. The van der Waals surface area contributed by atoms with Gasteiger partial charge < -0.3 is 8.85 Å². The molecule has 0 aromatic carbocycles. The molecule has 3 heteroatoms. The maximum atomic E-state index is 6.00. The van der Waals surface area contributed by atoms with Gasteiger partial charge in [-0.15, -0.1) is 0 Å². The van der Waals surface area contributed by atoms with Crippen LogP contribution in [0, 0.1) is 0 Å². The molecule has 0 N–H and O–H groups in total. The molecular weight excluding hydrogens is 216 g/mol. The third-order valence-electron chi connectivity index (χ3n) is 2.63. The van der Waals surface area contributed by atoms with Crippen LogP contribution in [0.2, 0.25) is 13.1 Å². The second-order valence-electron chi connectivity index (χ2n) is 5.03. The second kappa shape index (κ2) is 9.20. The van der Waals surface area contributed by atoms with E-state index >= 15 is 0 Å². The normalized spacial score (nSPS) is 14.1. The van der Waals surface area contributed by atoms with Crippen molar-refractivity contribution in [1.29, 1.82) is 0 Å². The third kappa shape index (κ3) is 9.37. The molecule has 0 heterocycles. The number of hydrogen-bond donors (Lipinski definition) is 0. The molecule has 0 aliphatic carbocycles. The van der Waals surface area contributed by atoms with Gasteiger partial charge >= 0.3 is 8.56 Å². The van der Waals surface area contributed by atoms with E-state index in [4.69, 9.17) is 8.85 Å². The SMILES string of the molecule is CCCCCCO[Si](C)(C)OC(C)CCC. The first-order chi connectivity index (χ1) is 7.52. The van der Waals surface area contributed by atoms with E-state index < -0.39 is 8.56 Å². The Labute approximate surface area is 103 Å². The van der Waals surface area contributed by atoms with E-state index in [1.54, 1.807) is 0 Å². The lowest BCUT2D eigenvalue weighted by molar-refractivity contribution is 0.123. The first-order valence-corrected chi connectivity index (χ1v) is 9.65. The molecule has 0 radical (unpaired) electrons. The first kappa shape index (κ1) is 16.1. The Hall–Kier alpha value is 0.137. The molecule has 98 valence electrons.